The predicted molar refractivity (Wildman–Crippen MR) is 140 cm³/mol. The van der Waals surface area contributed by atoms with Crippen LogP contribution in [-0.4, -0.2) is 50.4 Å². The van der Waals surface area contributed by atoms with E-state index < -0.39 is 5.92 Å². The van der Waals surface area contributed by atoms with E-state index >= 15 is 0 Å². The zero-order chi connectivity index (χ0) is 26.3. The molecule has 0 radical (unpaired) electrons. The molecule has 0 saturated heterocycles. The van der Waals surface area contributed by atoms with Crippen molar-refractivity contribution in [2.45, 2.75) is 72.6 Å². The molecular formula is C30H41NO5. The topological polar surface area (TPSA) is 65.1 Å². The van der Waals surface area contributed by atoms with Crippen molar-refractivity contribution in [3.63, 3.8) is 0 Å². The molecule has 1 heterocycles. The van der Waals surface area contributed by atoms with Gasteiger partial charge in [-0.3, -0.25) is 9.59 Å². The maximum atomic E-state index is 13.8. The summed E-state index contributed by atoms with van der Waals surface area (Å²) in [7, 11) is 3.32. The minimum absolute atomic E-state index is 0.128. The SMILES string of the molecule is CCCOc1ccc(C2C3=C(CC(C)(C)CC3=O)N(CCOC)C3=C2C(=O)CC(C)(C)C3)cc1OC. The Morgan fingerprint density at radius 2 is 1.44 bits per heavy atom. The monoisotopic (exact) mass is 495 g/mol. The first-order chi connectivity index (χ1) is 17.0. The van der Waals surface area contributed by atoms with Gasteiger partial charge in [0, 0.05) is 55.0 Å². The molecule has 4 rings (SSSR count). The maximum Gasteiger partial charge on any atom is 0.162 e. The molecule has 6 nitrogen and oxygen atoms in total. The molecule has 0 N–H and O–H groups in total. The summed E-state index contributed by atoms with van der Waals surface area (Å²) in [6, 6.07) is 5.87. The van der Waals surface area contributed by atoms with Gasteiger partial charge in [0.05, 0.1) is 20.3 Å². The quantitative estimate of drug-likeness (QED) is 0.453. The summed E-state index contributed by atoms with van der Waals surface area (Å²) >= 11 is 0. The van der Waals surface area contributed by atoms with E-state index in [4.69, 9.17) is 14.2 Å². The van der Waals surface area contributed by atoms with Crippen LogP contribution in [0.1, 0.15) is 78.2 Å². The summed E-state index contributed by atoms with van der Waals surface area (Å²) in [5.74, 6) is 1.16. The molecule has 1 aromatic rings. The third-order valence-corrected chi connectivity index (χ3v) is 7.52. The van der Waals surface area contributed by atoms with Gasteiger partial charge < -0.3 is 19.1 Å². The molecule has 1 aliphatic heterocycles. The Hall–Kier alpha value is -2.60. The summed E-state index contributed by atoms with van der Waals surface area (Å²) in [6.07, 6.45) is 3.41. The summed E-state index contributed by atoms with van der Waals surface area (Å²) < 4.78 is 17.0. The number of carbonyl (C=O) groups excluding carboxylic acids is 2. The fraction of sp³-hybridized carbons (Fsp3) is 0.600. The third-order valence-electron chi connectivity index (χ3n) is 7.52. The molecular weight excluding hydrogens is 454 g/mol. The lowest BCUT2D eigenvalue weighted by molar-refractivity contribution is -0.119. The number of Topliss-reactive ketones (excluding diaryl/α,β-unsaturated/α-hetero) is 2. The van der Waals surface area contributed by atoms with E-state index in [1.807, 2.05) is 18.2 Å². The first kappa shape index (κ1) is 26.5. The summed E-state index contributed by atoms with van der Waals surface area (Å²) in [4.78, 5) is 29.9. The van der Waals surface area contributed by atoms with E-state index in [0.717, 1.165) is 47.4 Å². The van der Waals surface area contributed by atoms with Crippen LogP contribution in [-0.2, 0) is 14.3 Å². The Morgan fingerprint density at radius 1 is 0.861 bits per heavy atom. The summed E-state index contributed by atoms with van der Waals surface area (Å²) in [6.45, 7) is 12.4. The number of carbonyl (C=O) groups is 2. The van der Waals surface area contributed by atoms with Crippen LogP contribution < -0.4 is 9.47 Å². The predicted octanol–water partition coefficient (Wildman–Crippen LogP) is 5.82. The van der Waals surface area contributed by atoms with E-state index in [1.54, 1.807) is 14.2 Å². The lowest BCUT2D eigenvalue weighted by Crippen LogP contribution is -2.45. The highest BCUT2D eigenvalue weighted by Gasteiger charge is 2.48. The van der Waals surface area contributed by atoms with Crippen LogP contribution in [0.3, 0.4) is 0 Å². The first-order valence-electron chi connectivity index (χ1n) is 13.1. The largest absolute Gasteiger partial charge is 0.493 e. The number of benzene rings is 1. The average molecular weight is 496 g/mol. The molecule has 36 heavy (non-hydrogen) atoms. The number of ether oxygens (including phenoxy) is 3. The van der Waals surface area contributed by atoms with Gasteiger partial charge in [-0.2, -0.15) is 0 Å². The molecule has 0 fully saturated rings. The number of hydrogen-bond donors (Lipinski definition) is 0. The number of nitrogens with zero attached hydrogens (tertiary/aromatic N) is 1. The zero-order valence-electron chi connectivity index (χ0n) is 23.0. The van der Waals surface area contributed by atoms with E-state index in [-0.39, 0.29) is 22.4 Å². The van der Waals surface area contributed by atoms with E-state index in [9.17, 15) is 9.59 Å². The highest BCUT2D eigenvalue weighted by atomic mass is 16.5. The lowest BCUT2D eigenvalue weighted by atomic mass is 9.63. The zero-order valence-corrected chi connectivity index (χ0v) is 23.0. The van der Waals surface area contributed by atoms with Crippen LogP contribution in [0.2, 0.25) is 0 Å². The van der Waals surface area contributed by atoms with Crippen molar-refractivity contribution in [2.24, 2.45) is 10.8 Å². The summed E-state index contributed by atoms with van der Waals surface area (Å²) in [5.41, 5.74) is 4.24. The van der Waals surface area contributed by atoms with E-state index in [0.29, 0.717) is 44.1 Å². The van der Waals surface area contributed by atoms with Crippen LogP contribution >= 0.6 is 0 Å². The molecule has 2 aliphatic carbocycles. The van der Waals surface area contributed by atoms with Crippen molar-refractivity contribution in [3.05, 3.63) is 46.3 Å². The molecule has 6 heteroatoms. The van der Waals surface area contributed by atoms with E-state index in [1.165, 1.54) is 0 Å². The second-order valence-electron chi connectivity index (χ2n) is 11.9. The molecule has 0 saturated carbocycles. The van der Waals surface area contributed by atoms with Crippen molar-refractivity contribution in [1.82, 2.24) is 4.90 Å². The fourth-order valence-electron chi connectivity index (χ4n) is 6.03. The van der Waals surface area contributed by atoms with Gasteiger partial charge in [0.1, 0.15) is 0 Å². The van der Waals surface area contributed by atoms with Crippen LogP contribution in [0.15, 0.2) is 40.7 Å². The standard InChI is InChI=1S/C30H41NO5/c1-8-12-36-24-10-9-19(14-25(24)35-7)26-27-20(15-29(2,3)17-22(27)32)31(11-13-34-6)21-16-30(4,5)18-23(33)28(21)26/h9-10,14,26H,8,11-13,15-18H2,1-7H3. The van der Waals surface area contributed by atoms with Gasteiger partial charge in [0.2, 0.25) is 0 Å². The second kappa shape index (κ2) is 10.0. The van der Waals surface area contributed by atoms with Crippen LogP contribution in [0.5, 0.6) is 11.5 Å². The molecule has 0 spiro atoms. The Kier molecular flexibility index (Phi) is 7.38. The number of hydrogen-bond acceptors (Lipinski definition) is 6. The highest BCUT2D eigenvalue weighted by molar-refractivity contribution is 6.06. The van der Waals surface area contributed by atoms with Crippen molar-refractivity contribution < 1.29 is 23.8 Å². The van der Waals surface area contributed by atoms with E-state index in [2.05, 4.69) is 39.5 Å². The van der Waals surface area contributed by atoms with Crippen molar-refractivity contribution in [3.8, 4) is 11.5 Å². The maximum absolute atomic E-state index is 13.8. The van der Waals surface area contributed by atoms with Crippen molar-refractivity contribution in [2.75, 3.05) is 34.0 Å². The number of allylic oxidation sites excluding steroid dienone is 4. The number of methoxy groups -OCH3 is 2. The molecule has 3 aliphatic rings. The minimum atomic E-state index is -0.393. The van der Waals surface area contributed by atoms with Gasteiger partial charge in [-0.25, -0.2) is 0 Å². The lowest BCUT2D eigenvalue weighted by Gasteiger charge is -2.49. The van der Waals surface area contributed by atoms with Gasteiger partial charge in [-0.1, -0.05) is 40.7 Å². The Bertz CT molecular complexity index is 1060. The molecule has 1 aromatic carbocycles. The van der Waals surface area contributed by atoms with Crippen molar-refractivity contribution in [1.29, 1.82) is 0 Å². The van der Waals surface area contributed by atoms with Crippen LogP contribution in [0, 0.1) is 10.8 Å². The third kappa shape index (κ3) is 4.97. The average Bonchev–Trinajstić information content (AvgIpc) is 2.79. The van der Waals surface area contributed by atoms with Gasteiger partial charge >= 0.3 is 0 Å². The van der Waals surface area contributed by atoms with Crippen LogP contribution in [0.25, 0.3) is 0 Å². The smallest absolute Gasteiger partial charge is 0.162 e. The van der Waals surface area contributed by atoms with Gasteiger partial charge in [-0.15, -0.1) is 0 Å². The number of ketones is 2. The molecule has 196 valence electrons. The minimum Gasteiger partial charge on any atom is -0.493 e. The molecule has 0 bridgehead atoms. The summed E-state index contributed by atoms with van der Waals surface area (Å²) in [5, 5.41) is 0. The number of rotatable bonds is 8. The highest BCUT2D eigenvalue weighted by Crippen LogP contribution is 2.54. The fourth-order valence-corrected chi connectivity index (χ4v) is 6.03. The van der Waals surface area contributed by atoms with Crippen LogP contribution in [0.4, 0.5) is 0 Å². The second-order valence-corrected chi connectivity index (χ2v) is 11.9. The Balaban J connectivity index is 1.94. The molecule has 0 aromatic heterocycles. The molecule has 0 atom stereocenters. The normalized spacial score (nSPS) is 21.5. The Morgan fingerprint density at radius 3 is 1.94 bits per heavy atom. The van der Waals surface area contributed by atoms with Gasteiger partial charge in [-0.05, 0) is 47.8 Å². The molecule has 0 unspecified atom stereocenters. The Labute approximate surface area is 215 Å². The first-order valence-corrected chi connectivity index (χ1v) is 13.1. The van der Waals surface area contributed by atoms with Crippen molar-refractivity contribution >= 4 is 11.6 Å². The molecule has 0 amide bonds. The van der Waals surface area contributed by atoms with Gasteiger partial charge in [0.15, 0.2) is 23.1 Å². The van der Waals surface area contributed by atoms with Gasteiger partial charge in [0.25, 0.3) is 0 Å².